The van der Waals surface area contributed by atoms with Gasteiger partial charge in [0.05, 0.1) is 65.1 Å². The second-order valence-electron chi connectivity index (χ2n) is 11.7. The van der Waals surface area contributed by atoms with Crippen LogP contribution in [0.4, 0.5) is 0 Å². The summed E-state index contributed by atoms with van der Waals surface area (Å²) >= 11 is 0. The molecule has 0 aromatic carbocycles. The van der Waals surface area contributed by atoms with Crippen LogP contribution in [0.2, 0.25) is 0 Å². The quantitative estimate of drug-likeness (QED) is 0.0452. The van der Waals surface area contributed by atoms with E-state index in [1.165, 1.54) is 6.92 Å². The molecule has 284 valence electrons. The molecule has 5 amide bonds. The van der Waals surface area contributed by atoms with Gasteiger partial charge in [-0.05, 0) is 19.3 Å². The molecule has 1 unspecified atom stereocenters. The van der Waals surface area contributed by atoms with Crippen LogP contribution >= 0.6 is 0 Å². The van der Waals surface area contributed by atoms with Crippen molar-refractivity contribution in [2.45, 2.75) is 109 Å². The molecule has 1 aliphatic heterocycles. The Morgan fingerprint density at radius 2 is 1.49 bits per heavy atom. The van der Waals surface area contributed by atoms with Crippen molar-refractivity contribution in [3.05, 3.63) is 0 Å². The van der Waals surface area contributed by atoms with Gasteiger partial charge in [0, 0.05) is 45.7 Å². The number of rotatable bonds is 29. The summed E-state index contributed by atoms with van der Waals surface area (Å²) in [6.07, 6.45) is 2.56. The van der Waals surface area contributed by atoms with E-state index in [0.717, 1.165) is 25.7 Å². The molecule has 8 N–H and O–H groups in total. The number of aliphatic hydroxyl groups excluding tert-OH is 2. The van der Waals surface area contributed by atoms with Gasteiger partial charge in [-0.2, -0.15) is 0 Å². The lowest BCUT2D eigenvalue weighted by atomic mass is 10.0. The third-order valence-corrected chi connectivity index (χ3v) is 7.40. The molecule has 49 heavy (non-hydrogen) atoms. The topological polar surface area (TPSA) is 246 Å². The Hall–Kier alpha value is -2.93. The van der Waals surface area contributed by atoms with Crippen molar-refractivity contribution < 1.29 is 57.9 Å². The number of hydrogen-bond acceptors (Lipinski definition) is 12. The Morgan fingerprint density at radius 1 is 0.837 bits per heavy atom. The number of nitrogens with one attached hydrogen (secondary N) is 4. The Balaban J connectivity index is 2.16. The monoisotopic (exact) mass is 705 g/mol. The first-order chi connectivity index (χ1) is 23.6. The summed E-state index contributed by atoms with van der Waals surface area (Å²) in [4.78, 5) is 59.7. The molecule has 17 nitrogen and oxygen atoms in total. The van der Waals surface area contributed by atoms with E-state index in [1.54, 1.807) is 0 Å². The summed E-state index contributed by atoms with van der Waals surface area (Å²) < 4.78 is 27.6. The van der Waals surface area contributed by atoms with E-state index >= 15 is 0 Å². The Morgan fingerprint density at radius 3 is 2.12 bits per heavy atom. The van der Waals surface area contributed by atoms with E-state index in [9.17, 15) is 34.2 Å². The van der Waals surface area contributed by atoms with Crippen LogP contribution in [-0.4, -0.2) is 136 Å². The fourth-order valence-electron chi connectivity index (χ4n) is 4.82. The molecule has 1 fully saturated rings. The van der Waals surface area contributed by atoms with Crippen LogP contribution in [0.5, 0.6) is 0 Å². The minimum Gasteiger partial charge on any atom is -0.394 e. The highest BCUT2D eigenvalue weighted by Gasteiger charge is 2.39. The van der Waals surface area contributed by atoms with Crippen LogP contribution in [0, 0.1) is 0 Å². The number of hydrogen-bond donors (Lipinski definition) is 7. The second kappa shape index (κ2) is 27.8. The van der Waals surface area contributed by atoms with Gasteiger partial charge < -0.3 is 60.9 Å². The molecule has 0 bridgehead atoms. The van der Waals surface area contributed by atoms with E-state index in [4.69, 9.17) is 29.4 Å². The first-order valence-corrected chi connectivity index (χ1v) is 17.3. The van der Waals surface area contributed by atoms with Gasteiger partial charge >= 0.3 is 0 Å². The zero-order chi connectivity index (χ0) is 36.3. The first kappa shape index (κ1) is 44.1. The Bertz CT molecular complexity index is 959. The highest BCUT2D eigenvalue weighted by atomic mass is 16.7. The fraction of sp³-hybridized carbons (Fsp3) is 0.844. The lowest BCUT2D eigenvalue weighted by molar-refractivity contribution is -0.239. The van der Waals surface area contributed by atoms with Gasteiger partial charge in [-0.3, -0.25) is 24.0 Å². The van der Waals surface area contributed by atoms with Crippen LogP contribution in [0.25, 0.3) is 0 Å². The number of aliphatic hydroxyl groups is 2. The predicted molar refractivity (Wildman–Crippen MR) is 177 cm³/mol. The van der Waals surface area contributed by atoms with Gasteiger partial charge in [0.25, 0.3) is 0 Å². The highest BCUT2D eigenvalue weighted by molar-refractivity contribution is 5.88. The van der Waals surface area contributed by atoms with E-state index in [1.807, 2.05) is 0 Å². The smallest absolute Gasteiger partial charge is 0.242 e. The molecule has 0 radical (unpaired) electrons. The maximum Gasteiger partial charge on any atom is 0.242 e. The minimum absolute atomic E-state index is 0.0489. The van der Waals surface area contributed by atoms with Crippen molar-refractivity contribution in [3.8, 4) is 0 Å². The van der Waals surface area contributed by atoms with E-state index < -0.39 is 48.3 Å². The molecular formula is C32H59N5O12. The average molecular weight is 706 g/mol. The van der Waals surface area contributed by atoms with Crippen molar-refractivity contribution in [3.63, 3.8) is 0 Å². The molecule has 0 aromatic heterocycles. The molecular weight excluding hydrogens is 646 g/mol. The van der Waals surface area contributed by atoms with Gasteiger partial charge in [0.2, 0.25) is 29.5 Å². The molecule has 0 aliphatic carbocycles. The number of ether oxygens (including phenoxy) is 5. The summed E-state index contributed by atoms with van der Waals surface area (Å²) in [6, 6.07) is -1.70. The molecule has 1 saturated heterocycles. The number of primary amides is 1. The van der Waals surface area contributed by atoms with Gasteiger partial charge in [0.15, 0.2) is 6.29 Å². The van der Waals surface area contributed by atoms with Crippen molar-refractivity contribution in [1.82, 2.24) is 21.3 Å². The van der Waals surface area contributed by atoms with Crippen molar-refractivity contribution in [1.29, 1.82) is 0 Å². The molecule has 0 saturated carbocycles. The number of nitrogens with two attached hydrogens (primary N) is 1. The van der Waals surface area contributed by atoms with Crippen LogP contribution in [0.15, 0.2) is 0 Å². The minimum atomic E-state index is -0.945. The van der Waals surface area contributed by atoms with Crippen LogP contribution in [-0.2, 0) is 47.7 Å². The molecule has 0 spiro atoms. The van der Waals surface area contributed by atoms with Crippen LogP contribution in [0.3, 0.4) is 0 Å². The predicted octanol–water partition coefficient (Wildman–Crippen LogP) is -1.24. The number of carbonyl (C=O) groups excluding carboxylic acids is 5. The standard InChI is InChI=1S/C32H59N5O12/c1-3-4-5-6-12-34-28(42)8-7-9-29(43)37-25(10-11-27(33)41)31(44)35-13-14-45-15-16-46-17-18-47-19-20-48-32-30(36-23(2)39)26(40)21-24(22-38)49-32/h24-26,30,32,38,40H,3-22H2,1-2H3,(H2,33,41)(H,34,42)(H,35,44)(H,36,39)(H,37,43)/t24-,25?,26-,30+,32+/m0/s1. The van der Waals surface area contributed by atoms with Gasteiger partial charge in [-0.25, -0.2) is 0 Å². The highest BCUT2D eigenvalue weighted by Crippen LogP contribution is 2.21. The molecule has 17 heteroatoms. The number of amides is 5. The van der Waals surface area contributed by atoms with Crippen molar-refractivity contribution in [2.75, 3.05) is 65.9 Å². The zero-order valence-corrected chi connectivity index (χ0v) is 29.1. The number of carbonyl (C=O) groups is 5. The van der Waals surface area contributed by atoms with E-state index in [0.29, 0.717) is 19.6 Å². The third kappa shape index (κ3) is 22.4. The summed E-state index contributed by atoms with van der Waals surface area (Å²) in [5.41, 5.74) is 5.23. The summed E-state index contributed by atoms with van der Waals surface area (Å²) in [7, 11) is 0. The van der Waals surface area contributed by atoms with Crippen molar-refractivity contribution >= 4 is 29.5 Å². The second-order valence-corrected chi connectivity index (χ2v) is 11.7. The van der Waals surface area contributed by atoms with Gasteiger partial charge in [0.1, 0.15) is 12.1 Å². The van der Waals surface area contributed by atoms with E-state index in [2.05, 4.69) is 28.2 Å². The SMILES string of the molecule is CCCCCCNC(=O)CCCC(=O)NC(CCC(N)=O)C(=O)NCCOCCOCCOCCO[C@@H]1O[C@H](CO)C[C@H](O)[C@H]1NC(C)=O. The lowest BCUT2D eigenvalue weighted by Gasteiger charge is -2.39. The molecule has 1 aliphatic rings. The van der Waals surface area contributed by atoms with Crippen molar-refractivity contribution in [2.24, 2.45) is 5.73 Å². The first-order valence-electron chi connectivity index (χ1n) is 17.3. The largest absolute Gasteiger partial charge is 0.394 e. The zero-order valence-electron chi connectivity index (χ0n) is 29.1. The van der Waals surface area contributed by atoms with E-state index in [-0.39, 0.29) is 96.7 Å². The third-order valence-electron chi connectivity index (χ3n) is 7.40. The maximum absolute atomic E-state index is 12.6. The van der Waals surface area contributed by atoms with Crippen LogP contribution in [0.1, 0.15) is 78.1 Å². The number of unbranched alkanes of at least 4 members (excludes halogenated alkanes) is 3. The molecule has 0 aromatic rings. The fourth-order valence-corrected chi connectivity index (χ4v) is 4.82. The van der Waals surface area contributed by atoms with Gasteiger partial charge in [-0.1, -0.05) is 26.2 Å². The Kier molecular flexibility index (Phi) is 25.1. The summed E-state index contributed by atoms with van der Waals surface area (Å²) in [5, 5.41) is 30.4. The van der Waals surface area contributed by atoms with Crippen LogP contribution < -0.4 is 27.0 Å². The van der Waals surface area contributed by atoms with Gasteiger partial charge in [-0.15, -0.1) is 0 Å². The lowest BCUT2D eigenvalue weighted by Crippen LogP contribution is -2.58. The summed E-state index contributed by atoms with van der Waals surface area (Å²) in [5.74, 6) is -1.90. The average Bonchev–Trinajstić information content (AvgIpc) is 3.05. The molecule has 1 rings (SSSR count). The summed E-state index contributed by atoms with van der Waals surface area (Å²) in [6.45, 7) is 5.63. The maximum atomic E-state index is 12.6. The Labute approximate surface area is 289 Å². The molecule has 5 atom stereocenters. The molecule has 1 heterocycles. The normalized spacial score (nSPS) is 19.5.